The van der Waals surface area contributed by atoms with E-state index in [2.05, 4.69) is 10.6 Å². The quantitative estimate of drug-likeness (QED) is 0.537. The molecule has 0 aromatic heterocycles. The zero-order valence-corrected chi connectivity index (χ0v) is 13.3. The Labute approximate surface area is 145 Å². The molecule has 26 heavy (non-hydrogen) atoms. The molecule has 0 aliphatic carbocycles. The molecule has 1 fully saturated rings. The Morgan fingerprint density at radius 1 is 1.35 bits per heavy atom. The molecule has 0 bridgehead atoms. The van der Waals surface area contributed by atoms with Crippen LogP contribution in [0.2, 0.25) is 0 Å². The van der Waals surface area contributed by atoms with Crippen LogP contribution in [0.4, 0.5) is 23.7 Å². The summed E-state index contributed by atoms with van der Waals surface area (Å²) in [4.78, 5) is 30.4. The van der Waals surface area contributed by atoms with Crippen molar-refractivity contribution in [3.8, 4) is 0 Å². The number of halogens is 3. The molecule has 1 saturated heterocycles. The molecule has 1 atom stereocenters. The van der Waals surface area contributed by atoms with Gasteiger partial charge in [0.1, 0.15) is 6.61 Å². The molecule has 144 valence electrons. The molecular formula is C14H16F3N3O6. The van der Waals surface area contributed by atoms with Crippen LogP contribution in [0.5, 0.6) is 0 Å². The number of hydrogen-bond acceptors (Lipinski definition) is 6. The van der Waals surface area contributed by atoms with Gasteiger partial charge >= 0.3 is 18.2 Å². The number of nitro benzene ring substituents is 1. The van der Waals surface area contributed by atoms with Gasteiger partial charge in [-0.25, -0.2) is 9.59 Å². The number of carboxylic acid groups (broad SMARTS) is 1. The number of amides is 1. The lowest BCUT2D eigenvalue weighted by atomic mass is 10.2. The molecule has 1 amide bonds. The van der Waals surface area contributed by atoms with Gasteiger partial charge in [0, 0.05) is 24.7 Å². The first kappa shape index (κ1) is 21.2. The number of rotatable bonds is 4. The third kappa shape index (κ3) is 7.79. The number of aliphatic carboxylic acids is 1. The van der Waals surface area contributed by atoms with E-state index in [-0.39, 0.29) is 18.3 Å². The Kier molecular flexibility index (Phi) is 7.77. The van der Waals surface area contributed by atoms with Crippen LogP contribution >= 0.6 is 0 Å². The van der Waals surface area contributed by atoms with E-state index < -0.39 is 23.2 Å². The monoisotopic (exact) mass is 379 g/mol. The second-order valence-electron chi connectivity index (χ2n) is 5.14. The Morgan fingerprint density at radius 2 is 1.92 bits per heavy atom. The number of hydrogen-bond donors (Lipinski definition) is 3. The minimum atomic E-state index is -5.08. The number of nitro groups is 1. The second-order valence-corrected chi connectivity index (χ2v) is 5.14. The van der Waals surface area contributed by atoms with E-state index in [9.17, 15) is 28.1 Å². The average molecular weight is 379 g/mol. The highest BCUT2D eigenvalue weighted by Gasteiger charge is 2.38. The van der Waals surface area contributed by atoms with E-state index in [0.29, 0.717) is 5.56 Å². The lowest BCUT2D eigenvalue weighted by Crippen LogP contribution is -2.36. The summed E-state index contributed by atoms with van der Waals surface area (Å²) >= 11 is 0. The number of benzene rings is 1. The fourth-order valence-electron chi connectivity index (χ4n) is 1.85. The normalized spacial score (nSPS) is 16.2. The Morgan fingerprint density at radius 3 is 2.35 bits per heavy atom. The average Bonchev–Trinajstić information content (AvgIpc) is 3.06. The van der Waals surface area contributed by atoms with Crippen LogP contribution in [0.1, 0.15) is 12.0 Å². The molecule has 0 unspecified atom stereocenters. The number of carbonyl (C=O) groups excluding carboxylic acids is 1. The topological polar surface area (TPSA) is 131 Å². The van der Waals surface area contributed by atoms with Crippen LogP contribution in [0.25, 0.3) is 0 Å². The van der Waals surface area contributed by atoms with Crippen molar-refractivity contribution in [2.75, 3.05) is 13.1 Å². The predicted octanol–water partition coefficient (Wildman–Crippen LogP) is 1.82. The van der Waals surface area contributed by atoms with Crippen LogP contribution in [-0.4, -0.2) is 47.4 Å². The van der Waals surface area contributed by atoms with Crippen LogP contribution in [0.15, 0.2) is 24.3 Å². The van der Waals surface area contributed by atoms with E-state index in [1.165, 1.54) is 12.1 Å². The summed E-state index contributed by atoms with van der Waals surface area (Å²) in [7, 11) is 0. The summed E-state index contributed by atoms with van der Waals surface area (Å²) in [6.07, 6.45) is -4.65. The standard InChI is InChI=1S/C12H15N3O4.C2HF3O2/c16-12(14-10-5-6-13-7-10)19-8-9-1-3-11(4-2-9)15(17)18;3-2(4,5)1(6)7/h1-4,10,13H,5-8H2,(H,14,16);(H,6,7)/t10-;/m0./s1. The SMILES string of the molecule is O=C(N[C@H]1CCNC1)OCc1ccc([N+](=O)[O-])cc1.O=C(O)C(F)(F)F. The van der Waals surface area contributed by atoms with Crippen molar-refractivity contribution in [1.29, 1.82) is 0 Å². The van der Waals surface area contributed by atoms with E-state index in [0.717, 1.165) is 19.5 Å². The molecule has 1 aliphatic heterocycles. The van der Waals surface area contributed by atoms with Crippen LogP contribution in [0.3, 0.4) is 0 Å². The lowest BCUT2D eigenvalue weighted by Gasteiger charge is -2.11. The van der Waals surface area contributed by atoms with Gasteiger partial charge < -0.3 is 20.5 Å². The smallest absolute Gasteiger partial charge is 0.475 e. The zero-order chi connectivity index (χ0) is 19.7. The number of alkyl halides is 3. The van der Waals surface area contributed by atoms with Gasteiger partial charge in [-0.1, -0.05) is 0 Å². The van der Waals surface area contributed by atoms with Crippen molar-refractivity contribution < 1.29 is 37.5 Å². The molecule has 1 aromatic rings. The number of alkyl carbamates (subject to hydrolysis) is 1. The van der Waals surface area contributed by atoms with Crippen LogP contribution in [-0.2, 0) is 16.1 Å². The van der Waals surface area contributed by atoms with Crippen molar-refractivity contribution in [2.45, 2.75) is 25.2 Å². The van der Waals surface area contributed by atoms with Gasteiger partial charge in [0.15, 0.2) is 0 Å². The van der Waals surface area contributed by atoms with Gasteiger partial charge in [-0.2, -0.15) is 13.2 Å². The first-order chi connectivity index (χ1) is 12.1. The van der Waals surface area contributed by atoms with Crippen molar-refractivity contribution in [1.82, 2.24) is 10.6 Å². The summed E-state index contributed by atoms with van der Waals surface area (Å²) in [5.41, 5.74) is 0.732. The third-order valence-electron chi connectivity index (χ3n) is 3.14. The molecule has 1 aliphatic rings. The number of nitrogens with one attached hydrogen (secondary N) is 2. The maximum Gasteiger partial charge on any atom is 0.490 e. The Bertz CT molecular complexity index is 630. The largest absolute Gasteiger partial charge is 0.490 e. The van der Waals surface area contributed by atoms with Gasteiger partial charge in [-0.05, 0) is 30.7 Å². The van der Waals surface area contributed by atoms with E-state index in [4.69, 9.17) is 14.6 Å². The number of ether oxygens (including phenoxy) is 1. The van der Waals surface area contributed by atoms with Gasteiger partial charge in [-0.15, -0.1) is 0 Å². The first-order valence-electron chi connectivity index (χ1n) is 7.27. The van der Waals surface area contributed by atoms with Gasteiger partial charge in [-0.3, -0.25) is 10.1 Å². The maximum atomic E-state index is 11.5. The van der Waals surface area contributed by atoms with E-state index in [1.54, 1.807) is 12.1 Å². The number of non-ortho nitro benzene ring substituents is 1. The molecule has 1 aromatic carbocycles. The maximum absolute atomic E-state index is 11.5. The lowest BCUT2D eigenvalue weighted by molar-refractivity contribution is -0.384. The van der Waals surface area contributed by atoms with Crippen LogP contribution in [0, 0.1) is 10.1 Å². The first-order valence-corrected chi connectivity index (χ1v) is 7.27. The Hall–Kier alpha value is -2.89. The summed E-state index contributed by atoms with van der Waals surface area (Å²) in [5.74, 6) is -2.76. The number of nitrogens with zero attached hydrogens (tertiary/aromatic N) is 1. The van der Waals surface area contributed by atoms with E-state index in [1.807, 2.05) is 0 Å². The number of carbonyl (C=O) groups is 2. The highest BCUT2D eigenvalue weighted by molar-refractivity contribution is 5.73. The summed E-state index contributed by atoms with van der Waals surface area (Å²) in [5, 5.41) is 23.5. The van der Waals surface area contributed by atoms with Crippen molar-refractivity contribution >= 4 is 17.7 Å². The minimum Gasteiger partial charge on any atom is -0.475 e. The molecule has 12 heteroatoms. The molecule has 3 N–H and O–H groups in total. The van der Waals surface area contributed by atoms with Gasteiger partial charge in [0.05, 0.1) is 4.92 Å². The van der Waals surface area contributed by atoms with Gasteiger partial charge in [0.2, 0.25) is 0 Å². The summed E-state index contributed by atoms with van der Waals surface area (Å²) in [6, 6.07) is 6.03. The highest BCUT2D eigenvalue weighted by Crippen LogP contribution is 2.13. The van der Waals surface area contributed by atoms with Crippen molar-refractivity contribution in [3.63, 3.8) is 0 Å². The summed E-state index contributed by atoms with van der Waals surface area (Å²) < 4.78 is 36.8. The molecule has 2 rings (SSSR count). The van der Waals surface area contributed by atoms with Gasteiger partial charge in [0.25, 0.3) is 5.69 Å². The highest BCUT2D eigenvalue weighted by atomic mass is 19.4. The molecule has 0 saturated carbocycles. The Balaban J connectivity index is 0.000000412. The molecule has 1 heterocycles. The third-order valence-corrected chi connectivity index (χ3v) is 3.14. The predicted molar refractivity (Wildman–Crippen MR) is 81.4 cm³/mol. The van der Waals surface area contributed by atoms with Crippen molar-refractivity contribution in [3.05, 3.63) is 39.9 Å². The van der Waals surface area contributed by atoms with Crippen molar-refractivity contribution in [2.24, 2.45) is 0 Å². The molecule has 9 nitrogen and oxygen atoms in total. The molecule has 0 radical (unpaired) electrons. The van der Waals surface area contributed by atoms with Crippen LogP contribution < -0.4 is 10.6 Å². The summed E-state index contributed by atoms with van der Waals surface area (Å²) in [6.45, 7) is 1.75. The zero-order valence-electron chi connectivity index (χ0n) is 13.3. The fraction of sp³-hybridized carbons (Fsp3) is 0.429. The molecular weight excluding hydrogens is 363 g/mol. The number of carboxylic acids is 1. The molecule has 0 spiro atoms. The fourth-order valence-corrected chi connectivity index (χ4v) is 1.85. The second kappa shape index (κ2) is 9.56. The van der Waals surface area contributed by atoms with E-state index >= 15 is 0 Å². The minimum absolute atomic E-state index is 0.0187.